The van der Waals surface area contributed by atoms with Crippen LogP contribution in [0.2, 0.25) is 5.02 Å². The summed E-state index contributed by atoms with van der Waals surface area (Å²) in [6.07, 6.45) is 5.59. The number of hydrogen-bond acceptors (Lipinski definition) is 4. The Morgan fingerprint density at radius 2 is 1.60 bits per heavy atom. The summed E-state index contributed by atoms with van der Waals surface area (Å²) >= 11 is 5.81. The lowest BCUT2D eigenvalue weighted by Gasteiger charge is -2.36. The van der Waals surface area contributed by atoms with Crippen molar-refractivity contribution in [3.63, 3.8) is 0 Å². The minimum atomic E-state index is -3.78. The van der Waals surface area contributed by atoms with E-state index in [2.05, 4.69) is 5.32 Å². The summed E-state index contributed by atoms with van der Waals surface area (Å²) in [5.74, 6) is -0.276. The van der Waals surface area contributed by atoms with Gasteiger partial charge in [0.1, 0.15) is 0 Å². The number of nitrogens with one attached hydrogen (secondary N) is 1. The minimum absolute atomic E-state index is 0.0727. The molecule has 0 spiro atoms. The fourth-order valence-electron chi connectivity index (χ4n) is 3.83. The van der Waals surface area contributed by atoms with Crippen molar-refractivity contribution in [2.75, 3.05) is 39.8 Å². The number of amides is 3. The number of nitrogens with zero attached hydrogens (tertiary/aromatic N) is 3. The van der Waals surface area contributed by atoms with Gasteiger partial charge >= 0.3 is 6.03 Å². The molecule has 0 unspecified atom stereocenters. The maximum atomic E-state index is 12.6. The third kappa shape index (κ3) is 5.65. The standard InChI is InChI=1S/C20H29ClN4O4S/c1-23(30(28,29)18-9-7-16(21)8-10-18)15-19(26)24-11-13-25(14-12-24)20(27)22-17-5-3-2-4-6-17/h7-10,17H,2-6,11-15H2,1H3,(H,22,27). The van der Waals surface area contributed by atoms with Crippen LogP contribution in [-0.2, 0) is 14.8 Å². The van der Waals surface area contributed by atoms with Crippen molar-refractivity contribution in [1.82, 2.24) is 19.4 Å². The van der Waals surface area contributed by atoms with Gasteiger partial charge in [0.05, 0.1) is 11.4 Å². The molecule has 0 bridgehead atoms. The highest BCUT2D eigenvalue weighted by Crippen LogP contribution is 2.19. The minimum Gasteiger partial charge on any atom is -0.338 e. The molecule has 1 aromatic rings. The Labute approximate surface area is 183 Å². The molecule has 0 radical (unpaired) electrons. The lowest BCUT2D eigenvalue weighted by molar-refractivity contribution is -0.132. The van der Waals surface area contributed by atoms with Crippen LogP contribution in [-0.4, -0.2) is 80.3 Å². The van der Waals surface area contributed by atoms with E-state index in [1.54, 1.807) is 9.80 Å². The van der Waals surface area contributed by atoms with E-state index in [-0.39, 0.29) is 29.4 Å². The highest BCUT2D eigenvalue weighted by Gasteiger charge is 2.29. The molecule has 2 fully saturated rings. The molecule has 3 rings (SSSR count). The van der Waals surface area contributed by atoms with Crippen molar-refractivity contribution in [1.29, 1.82) is 0 Å². The Kier molecular flexibility index (Phi) is 7.60. The number of carbonyl (C=O) groups excluding carboxylic acids is 2. The number of halogens is 1. The van der Waals surface area contributed by atoms with Crippen molar-refractivity contribution in [2.45, 2.75) is 43.0 Å². The zero-order chi connectivity index (χ0) is 21.7. The van der Waals surface area contributed by atoms with Crippen molar-refractivity contribution in [2.24, 2.45) is 0 Å². The number of sulfonamides is 1. The summed E-state index contributed by atoms with van der Waals surface area (Å²) < 4.78 is 26.3. The quantitative estimate of drug-likeness (QED) is 0.735. The summed E-state index contributed by atoms with van der Waals surface area (Å²) in [6.45, 7) is 1.42. The molecule has 0 aromatic heterocycles. The molecule has 1 heterocycles. The topological polar surface area (TPSA) is 90.0 Å². The van der Waals surface area contributed by atoms with E-state index in [0.717, 1.165) is 30.0 Å². The molecule has 1 N–H and O–H groups in total. The van der Waals surface area contributed by atoms with Crippen LogP contribution in [0.25, 0.3) is 0 Å². The van der Waals surface area contributed by atoms with Crippen LogP contribution in [0, 0.1) is 0 Å². The number of carbonyl (C=O) groups is 2. The van der Waals surface area contributed by atoms with E-state index in [9.17, 15) is 18.0 Å². The molecule has 0 atom stereocenters. The van der Waals surface area contributed by atoms with Crippen LogP contribution < -0.4 is 5.32 Å². The zero-order valence-corrected chi connectivity index (χ0v) is 18.8. The number of piperazine rings is 1. The zero-order valence-electron chi connectivity index (χ0n) is 17.2. The van der Waals surface area contributed by atoms with Gasteiger partial charge in [-0.25, -0.2) is 13.2 Å². The first kappa shape index (κ1) is 22.8. The fourth-order valence-corrected chi connectivity index (χ4v) is 5.08. The van der Waals surface area contributed by atoms with Crippen molar-refractivity contribution in [3.05, 3.63) is 29.3 Å². The largest absolute Gasteiger partial charge is 0.338 e. The van der Waals surface area contributed by atoms with Crippen LogP contribution in [0.4, 0.5) is 4.79 Å². The first-order chi connectivity index (χ1) is 14.3. The van der Waals surface area contributed by atoms with E-state index in [4.69, 9.17) is 11.6 Å². The lowest BCUT2D eigenvalue weighted by Crippen LogP contribution is -2.55. The maximum absolute atomic E-state index is 12.6. The third-order valence-electron chi connectivity index (χ3n) is 5.73. The average Bonchev–Trinajstić information content (AvgIpc) is 2.74. The Morgan fingerprint density at radius 1 is 1.03 bits per heavy atom. The predicted octanol–water partition coefficient (Wildman–Crippen LogP) is 2.15. The predicted molar refractivity (Wildman–Crippen MR) is 115 cm³/mol. The number of hydrogen-bond donors (Lipinski definition) is 1. The summed E-state index contributed by atoms with van der Waals surface area (Å²) in [7, 11) is -2.39. The van der Waals surface area contributed by atoms with Crippen LogP contribution in [0.1, 0.15) is 32.1 Å². The van der Waals surface area contributed by atoms with Crippen LogP contribution in [0.15, 0.2) is 29.2 Å². The molecule has 1 aliphatic carbocycles. The molecule has 1 saturated heterocycles. The highest BCUT2D eigenvalue weighted by atomic mass is 35.5. The third-order valence-corrected chi connectivity index (χ3v) is 7.80. The van der Waals surface area contributed by atoms with Crippen LogP contribution >= 0.6 is 11.6 Å². The SMILES string of the molecule is CN(CC(=O)N1CCN(C(=O)NC2CCCCC2)CC1)S(=O)(=O)c1ccc(Cl)cc1. The first-order valence-electron chi connectivity index (χ1n) is 10.3. The van der Waals surface area contributed by atoms with E-state index in [0.29, 0.717) is 31.2 Å². The summed E-state index contributed by atoms with van der Waals surface area (Å²) in [5.41, 5.74) is 0. The van der Waals surface area contributed by atoms with Gasteiger partial charge in [-0.3, -0.25) is 4.79 Å². The average molecular weight is 457 g/mol. The second-order valence-corrected chi connectivity index (χ2v) is 10.3. The van der Waals surface area contributed by atoms with E-state index >= 15 is 0 Å². The van der Waals surface area contributed by atoms with Gasteiger partial charge in [0.25, 0.3) is 0 Å². The number of benzene rings is 1. The molecule has 1 aromatic carbocycles. The number of urea groups is 1. The van der Waals surface area contributed by atoms with Gasteiger partial charge in [0.15, 0.2) is 0 Å². The highest BCUT2D eigenvalue weighted by molar-refractivity contribution is 7.89. The summed E-state index contributed by atoms with van der Waals surface area (Å²) in [6, 6.07) is 6.02. The van der Waals surface area contributed by atoms with Crippen LogP contribution in [0.3, 0.4) is 0 Å². The Hall–Kier alpha value is -1.84. The normalized spacial score (nSPS) is 18.5. The molecule has 8 nitrogen and oxygen atoms in total. The Balaban J connectivity index is 1.48. The summed E-state index contributed by atoms with van der Waals surface area (Å²) in [4.78, 5) is 28.5. The molecule has 30 heavy (non-hydrogen) atoms. The van der Waals surface area contributed by atoms with Crippen molar-refractivity contribution < 1.29 is 18.0 Å². The molecule has 166 valence electrons. The Morgan fingerprint density at radius 3 is 2.20 bits per heavy atom. The molecular weight excluding hydrogens is 428 g/mol. The Bertz CT molecular complexity index is 848. The maximum Gasteiger partial charge on any atom is 0.317 e. The van der Waals surface area contributed by atoms with Gasteiger partial charge in [-0.05, 0) is 37.1 Å². The molecular formula is C20H29ClN4O4S. The van der Waals surface area contributed by atoms with Crippen LogP contribution in [0.5, 0.6) is 0 Å². The molecule has 10 heteroatoms. The van der Waals surface area contributed by atoms with Crippen molar-refractivity contribution >= 4 is 33.6 Å². The fraction of sp³-hybridized carbons (Fsp3) is 0.600. The van der Waals surface area contributed by atoms with Gasteiger partial charge in [-0.15, -0.1) is 0 Å². The molecule has 2 aliphatic rings. The van der Waals surface area contributed by atoms with Gasteiger partial charge in [-0.1, -0.05) is 30.9 Å². The van der Waals surface area contributed by atoms with Gasteiger partial charge in [-0.2, -0.15) is 4.31 Å². The second-order valence-electron chi connectivity index (χ2n) is 7.87. The monoisotopic (exact) mass is 456 g/mol. The molecule has 1 aliphatic heterocycles. The first-order valence-corrected chi connectivity index (χ1v) is 12.1. The van der Waals surface area contributed by atoms with E-state index in [1.807, 2.05) is 0 Å². The van der Waals surface area contributed by atoms with Gasteiger partial charge in [0.2, 0.25) is 15.9 Å². The van der Waals surface area contributed by atoms with E-state index < -0.39 is 10.0 Å². The lowest BCUT2D eigenvalue weighted by atomic mass is 9.96. The molecule has 1 saturated carbocycles. The number of rotatable bonds is 5. The van der Waals surface area contributed by atoms with E-state index in [1.165, 1.54) is 37.7 Å². The molecule has 3 amide bonds. The number of likely N-dealkylation sites (N-methyl/N-ethyl adjacent to an activating group) is 1. The summed E-state index contributed by atoms with van der Waals surface area (Å²) in [5, 5.41) is 3.54. The van der Waals surface area contributed by atoms with Gasteiger partial charge in [0, 0.05) is 44.3 Å². The second kappa shape index (κ2) is 9.98. The smallest absolute Gasteiger partial charge is 0.317 e. The van der Waals surface area contributed by atoms with Crippen molar-refractivity contribution in [3.8, 4) is 0 Å². The van der Waals surface area contributed by atoms with Gasteiger partial charge < -0.3 is 15.1 Å².